The highest BCUT2D eigenvalue weighted by Gasteiger charge is 2.38. The number of rotatable bonds is 4. The van der Waals surface area contributed by atoms with Gasteiger partial charge in [0, 0.05) is 31.0 Å². The predicted octanol–water partition coefficient (Wildman–Crippen LogP) is 0.788. The molecule has 5 N–H and O–H groups in total. The maximum Gasteiger partial charge on any atom is 0.248 e. The Kier molecular flexibility index (Phi) is 4.59. The Morgan fingerprint density at radius 2 is 2.00 bits per heavy atom. The van der Waals surface area contributed by atoms with Crippen molar-refractivity contribution in [2.24, 2.45) is 16.9 Å². The first kappa shape index (κ1) is 15.5. The van der Waals surface area contributed by atoms with Gasteiger partial charge in [-0.25, -0.2) is 0 Å². The van der Waals surface area contributed by atoms with Gasteiger partial charge in [0.15, 0.2) is 0 Å². The van der Waals surface area contributed by atoms with E-state index in [1.807, 2.05) is 6.92 Å². The van der Waals surface area contributed by atoms with Gasteiger partial charge in [-0.3, -0.25) is 9.59 Å². The molecule has 0 aliphatic carbocycles. The quantitative estimate of drug-likeness (QED) is 0.762. The molecule has 114 valence electrons. The van der Waals surface area contributed by atoms with Crippen molar-refractivity contribution in [3.63, 3.8) is 0 Å². The summed E-state index contributed by atoms with van der Waals surface area (Å²) in [5.41, 5.74) is 12.4. The summed E-state index contributed by atoms with van der Waals surface area (Å²) in [5.74, 6) is -0.581. The predicted molar refractivity (Wildman–Crippen MR) is 79.9 cm³/mol. The number of hydrogen-bond donors (Lipinski definition) is 3. The number of amides is 2. The number of ether oxygens (including phenoxy) is 1. The van der Waals surface area contributed by atoms with E-state index in [1.54, 1.807) is 18.2 Å². The van der Waals surface area contributed by atoms with Gasteiger partial charge >= 0.3 is 0 Å². The van der Waals surface area contributed by atoms with E-state index in [2.05, 4.69) is 5.32 Å². The normalized spacial score (nSPS) is 17.2. The van der Waals surface area contributed by atoms with Crippen LogP contribution in [0.25, 0.3) is 0 Å². The van der Waals surface area contributed by atoms with Crippen LogP contribution < -0.4 is 16.8 Å². The molecule has 2 amide bonds. The molecule has 0 spiro atoms. The van der Waals surface area contributed by atoms with Gasteiger partial charge in [-0.15, -0.1) is 0 Å². The summed E-state index contributed by atoms with van der Waals surface area (Å²) < 4.78 is 5.31. The third kappa shape index (κ3) is 3.22. The molecular weight excluding hydrogens is 270 g/mol. The fourth-order valence-electron chi connectivity index (χ4n) is 2.50. The molecule has 6 heteroatoms. The van der Waals surface area contributed by atoms with E-state index < -0.39 is 11.3 Å². The van der Waals surface area contributed by atoms with Crippen LogP contribution in [0.1, 0.15) is 28.8 Å². The van der Waals surface area contributed by atoms with Crippen molar-refractivity contribution >= 4 is 17.5 Å². The van der Waals surface area contributed by atoms with E-state index >= 15 is 0 Å². The number of anilines is 1. The molecule has 1 aromatic rings. The lowest BCUT2D eigenvalue weighted by Gasteiger charge is -2.34. The van der Waals surface area contributed by atoms with Gasteiger partial charge in [-0.2, -0.15) is 0 Å². The highest BCUT2D eigenvalue weighted by molar-refractivity contribution is 5.98. The molecule has 1 aliphatic heterocycles. The third-order valence-electron chi connectivity index (χ3n) is 4.08. The minimum absolute atomic E-state index is 0.0942. The fourth-order valence-corrected chi connectivity index (χ4v) is 2.50. The molecule has 0 unspecified atom stereocenters. The number of benzene rings is 1. The Morgan fingerprint density at radius 1 is 1.33 bits per heavy atom. The van der Waals surface area contributed by atoms with Crippen LogP contribution in [0.5, 0.6) is 0 Å². The average Bonchev–Trinajstić information content (AvgIpc) is 2.49. The molecule has 2 rings (SSSR count). The Labute approximate surface area is 123 Å². The molecule has 0 radical (unpaired) electrons. The number of aryl methyl sites for hydroxylation is 1. The highest BCUT2D eigenvalue weighted by atomic mass is 16.5. The van der Waals surface area contributed by atoms with Gasteiger partial charge in [0.1, 0.15) is 0 Å². The minimum atomic E-state index is -0.576. The number of primary amides is 1. The topological polar surface area (TPSA) is 107 Å². The number of nitrogens with two attached hydrogens (primary N) is 2. The number of hydrogen-bond acceptors (Lipinski definition) is 4. The van der Waals surface area contributed by atoms with Gasteiger partial charge in [0.2, 0.25) is 11.8 Å². The molecule has 0 aromatic heterocycles. The number of carbonyl (C=O) groups is 2. The molecule has 1 aliphatic rings. The Balaban J connectivity index is 2.17. The maximum absolute atomic E-state index is 12.6. The zero-order valence-electron chi connectivity index (χ0n) is 12.1. The van der Waals surface area contributed by atoms with Crippen molar-refractivity contribution in [1.82, 2.24) is 0 Å². The Hall–Kier alpha value is -1.92. The summed E-state index contributed by atoms with van der Waals surface area (Å²) >= 11 is 0. The van der Waals surface area contributed by atoms with E-state index in [1.165, 1.54) is 0 Å². The van der Waals surface area contributed by atoms with Gasteiger partial charge in [0.05, 0.1) is 5.41 Å². The lowest BCUT2D eigenvalue weighted by atomic mass is 9.79. The molecule has 1 heterocycles. The smallest absolute Gasteiger partial charge is 0.248 e. The summed E-state index contributed by atoms with van der Waals surface area (Å²) in [5, 5.41) is 2.91. The zero-order chi connectivity index (χ0) is 15.5. The second-order valence-corrected chi connectivity index (χ2v) is 5.44. The third-order valence-corrected chi connectivity index (χ3v) is 4.08. The minimum Gasteiger partial charge on any atom is -0.381 e. The van der Waals surface area contributed by atoms with Gasteiger partial charge < -0.3 is 21.5 Å². The first-order valence-corrected chi connectivity index (χ1v) is 6.98. The van der Waals surface area contributed by atoms with Crippen molar-refractivity contribution in [2.75, 3.05) is 25.1 Å². The second kappa shape index (κ2) is 6.24. The molecule has 6 nitrogen and oxygen atoms in total. The largest absolute Gasteiger partial charge is 0.381 e. The summed E-state index contributed by atoms with van der Waals surface area (Å²) in [6.07, 6.45) is 1.24. The molecular formula is C15H21N3O3. The van der Waals surface area contributed by atoms with Crippen LogP contribution in [0.3, 0.4) is 0 Å². The average molecular weight is 291 g/mol. The van der Waals surface area contributed by atoms with Crippen LogP contribution in [-0.4, -0.2) is 31.6 Å². The summed E-state index contributed by atoms with van der Waals surface area (Å²) in [6, 6.07) is 4.96. The molecule has 0 atom stereocenters. The van der Waals surface area contributed by atoms with Gasteiger partial charge in [0.25, 0.3) is 0 Å². The molecule has 0 bridgehead atoms. The summed E-state index contributed by atoms with van der Waals surface area (Å²) in [6.45, 7) is 3.20. The Morgan fingerprint density at radius 3 is 2.52 bits per heavy atom. The van der Waals surface area contributed by atoms with E-state index in [9.17, 15) is 9.59 Å². The monoisotopic (exact) mass is 291 g/mol. The first-order valence-electron chi connectivity index (χ1n) is 6.98. The maximum atomic E-state index is 12.6. The second-order valence-electron chi connectivity index (χ2n) is 5.44. The van der Waals surface area contributed by atoms with E-state index in [-0.39, 0.29) is 5.91 Å². The van der Waals surface area contributed by atoms with Crippen molar-refractivity contribution < 1.29 is 14.3 Å². The SMILES string of the molecule is Cc1cc(C(N)=O)ccc1NC(=O)C1(CN)CCOCC1. The lowest BCUT2D eigenvalue weighted by molar-refractivity contribution is -0.130. The Bertz CT molecular complexity index is 551. The lowest BCUT2D eigenvalue weighted by Crippen LogP contribution is -2.46. The van der Waals surface area contributed by atoms with Crippen molar-refractivity contribution in [3.05, 3.63) is 29.3 Å². The fraction of sp³-hybridized carbons (Fsp3) is 0.467. The number of nitrogens with one attached hydrogen (secondary N) is 1. The molecule has 21 heavy (non-hydrogen) atoms. The van der Waals surface area contributed by atoms with E-state index in [4.69, 9.17) is 16.2 Å². The van der Waals surface area contributed by atoms with E-state index in [0.717, 1.165) is 5.56 Å². The molecule has 1 saturated heterocycles. The standard InChI is InChI=1S/C15H21N3O3/c1-10-8-11(13(17)19)2-3-12(10)18-14(20)15(9-16)4-6-21-7-5-15/h2-3,8H,4-7,9,16H2,1H3,(H2,17,19)(H,18,20). The summed E-state index contributed by atoms with van der Waals surface area (Å²) in [4.78, 5) is 23.7. The van der Waals surface area contributed by atoms with E-state index in [0.29, 0.717) is 43.9 Å². The van der Waals surface area contributed by atoms with Crippen molar-refractivity contribution in [3.8, 4) is 0 Å². The van der Waals surface area contributed by atoms with Crippen LogP contribution in [0.4, 0.5) is 5.69 Å². The molecule has 1 aromatic carbocycles. The van der Waals surface area contributed by atoms with Gasteiger partial charge in [-0.05, 0) is 43.5 Å². The van der Waals surface area contributed by atoms with Crippen molar-refractivity contribution in [1.29, 1.82) is 0 Å². The first-order chi connectivity index (χ1) is 9.98. The highest BCUT2D eigenvalue weighted by Crippen LogP contribution is 2.31. The summed E-state index contributed by atoms with van der Waals surface area (Å²) in [7, 11) is 0. The molecule has 0 saturated carbocycles. The van der Waals surface area contributed by atoms with Crippen LogP contribution in [-0.2, 0) is 9.53 Å². The molecule has 1 fully saturated rings. The van der Waals surface area contributed by atoms with Crippen LogP contribution in [0, 0.1) is 12.3 Å². The number of carbonyl (C=O) groups excluding carboxylic acids is 2. The van der Waals surface area contributed by atoms with Gasteiger partial charge in [-0.1, -0.05) is 0 Å². The van der Waals surface area contributed by atoms with Crippen molar-refractivity contribution in [2.45, 2.75) is 19.8 Å². The van der Waals surface area contributed by atoms with Crippen LogP contribution in [0.2, 0.25) is 0 Å². The van der Waals surface area contributed by atoms with Crippen LogP contribution >= 0.6 is 0 Å². The van der Waals surface area contributed by atoms with Crippen LogP contribution in [0.15, 0.2) is 18.2 Å². The zero-order valence-corrected chi connectivity index (χ0v) is 12.1.